The maximum absolute atomic E-state index is 8.57. The molecule has 1 rings (SSSR count). The number of nitriles is 1. The van der Waals surface area contributed by atoms with Crippen molar-refractivity contribution < 1.29 is 0 Å². The minimum Gasteiger partial charge on any atom is -0.313 e. The summed E-state index contributed by atoms with van der Waals surface area (Å²) in [5, 5.41) is 12.2. The second-order valence-corrected chi connectivity index (χ2v) is 5.18. The van der Waals surface area contributed by atoms with Crippen LogP contribution in [-0.2, 0) is 0 Å². The van der Waals surface area contributed by atoms with Gasteiger partial charge in [0, 0.05) is 19.0 Å². The minimum atomic E-state index is 0.247. The molecule has 0 spiro atoms. The van der Waals surface area contributed by atoms with E-state index < -0.39 is 0 Å². The lowest BCUT2D eigenvalue weighted by Gasteiger charge is -2.28. The molecule has 1 aliphatic carbocycles. The van der Waals surface area contributed by atoms with Crippen LogP contribution in [0.5, 0.6) is 0 Å². The first-order valence-corrected chi connectivity index (χ1v) is 5.89. The maximum Gasteiger partial charge on any atom is 0.0621 e. The highest BCUT2D eigenvalue weighted by Crippen LogP contribution is 2.22. The van der Waals surface area contributed by atoms with E-state index in [9.17, 15) is 0 Å². The van der Waals surface area contributed by atoms with Crippen LogP contribution in [0.2, 0.25) is 0 Å². The minimum absolute atomic E-state index is 0.247. The third-order valence-electron chi connectivity index (χ3n) is 3.05. The van der Waals surface area contributed by atoms with Crippen molar-refractivity contribution >= 4 is 0 Å². The van der Waals surface area contributed by atoms with Gasteiger partial charge in [-0.05, 0) is 31.1 Å². The maximum atomic E-state index is 8.57. The first kappa shape index (κ1) is 12.3. The van der Waals surface area contributed by atoms with E-state index in [-0.39, 0.29) is 5.41 Å². The van der Waals surface area contributed by atoms with Gasteiger partial charge in [0.25, 0.3) is 0 Å². The Balaban J connectivity index is 2.23. The molecule has 0 heterocycles. The fraction of sp³-hybridized carbons (Fsp3) is 0.769. The third kappa shape index (κ3) is 4.99. The Labute approximate surface area is 93.4 Å². The Bertz CT molecular complexity index is 248. The molecule has 1 atom stereocenters. The van der Waals surface area contributed by atoms with E-state index in [1.807, 2.05) is 0 Å². The molecule has 15 heavy (non-hydrogen) atoms. The molecule has 0 aromatic carbocycles. The molecule has 0 radical (unpaired) electrons. The Kier molecular flexibility index (Phi) is 4.84. The van der Waals surface area contributed by atoms with E-state index in [0.29, 0.717) is 12.5 Å². The van der Waals surface area contributed by atoms with Crippen molar-refractivity contribution in [2.45, 2.75) is 52.0 Å². The van der Waals surface area contributed by atoms with Crippen LogP contribution in [0.15, 0.2) is 12.2 Å². The van der Waals surface area contributed by atoms with Crippen LogP contribution in [0, 0.1) is 16.7 Å². The number of rotatable bonds is 5. The number of nitrogens with one attached hydrogen (secondary N) is 1. The predicted molar refractivity (Wildman–Crippen MR) is 63.4 cm³/mol. The van der Waals surface area contributed by atoms with Gasteiger partial charge in [-0.3, -0.25) is 0 Å². The van der Waals surface area contributed by atoms with Gasteiger partial charge in [-0.15, -0.1) is 0 Å². The molecule has 0 amide bonds. The molecule has 1 unspecified atom stereocenters. The van der Waals surface area contributed by atoms with Gasteiger partial charge in [0.2, 0.25) is 0 Å². The highest BCUT2D eigenvalue weighted by molar-refractivity contribution is 4.93. The lowest BCUT2D eigenvalue weighted by molar-refractivity contribution is 0.294. The topological polar surface area (TPSA) is 35.8 Å². The zero-order valence-electron chi connectivity index (χ0n) is 9.92. The Hall–Kier alpha value is -0.810. The van der Waals surface area contributed by atoms with Crippen molar-refractivity contribution in [1.29, 1.82) is 5.26 Å². The summed E-state index contributed by atoms with van der Waals surface area (Å²) in [4.78, 5) is 0. The second kappa shape index (κ2) is 5.92. The van der Waals surface area contributed by atoms with Crippen LogP contribution < -0.4 is 5.32 Å². The van der Waals surface area contributed by atoms with E-state index in [4.69, 9.17) is 5.26 Å². The Morgan fingerprint density at radius 3 is 2.87 bits per heavy atom. The third-order valence-corrected chi connectivity index (χ3v) is 3.05. The molecule has 1 N–H and O–H groups in total. The smallest absolute Gasteiger partial charge is 0.0621 e. The van der Waals surface area contributed by atoms with Crippen LogP contribution in [0.25, 0.3) is 0 Å². The van der Waals surface area contributed by atoms with Crippen molar-refractivity contribution in [1.82, 2.24) is 5.32 Å². The number of allylic oxidation sites excluding steroid dienone is 1. The standard InChI is InChI=1S/C13H22N2/c1-13(2,9-6-10-14)11-15-12-7-4-3-5-8-12/h3-4,12,15H,5-9,11H2,1-2H3. The summed E-state index contributed by atoms with van der Waals surface area (Å²) in [6, 6.07) is 2.87. The van der Waals surface area contributed by atoms with Crippen LogP contribution >= 0.6 is 0 Å². The van der Waals surface area contributed by atoms with E-state index in [1.54, 1.807) is 0 Å². The predicted octanol–water partition coefficient (Wildman–Crippen LogP) is 3.01. The highest BCUT2D eigenvalue weighted by atomic mass is 14.9. The highest BCUT2D eigenvalue weighted by Gasteiger charge is 2.19. The van der Waals surface area contributed by atoms with Crippen molar-refractivity contribution in [2.24, 2.45) is 5.41 Å². The molecular weight excluding hydrogens is 184 g/mol. The summed E-state index contributed by atoms with van der Waals surface area (Å²) in [7, 11) is 0. The Morgan fingerprint density at radius 2 is 2.27 bits per heavy atom. The van der Waals surface area contributed by atoms with Gasteiger partial charge in [0.1, 0.15) is 0 Å². The summed E-state index contributed by atoms with van der Waals surface area (Å²) in [5.74, 6) is 0. The molecule has 1 aliphatic rings. The van der Waals surface area contributed by atoms with E-state index >= 15 is 0 Å². The summed E-state index contributed by atoms with van der Waals surface area (Å²) in [6.45, 7) is 5.49. The molecule has 2 heteroatoms. The lowest BCUT2D eigenvalue weighted by atomic mass is 9.87. The molecule has 0 saturated carbocycles. The van der Waals surface area contributed by atoms with Crippen molar-refractivity contribution in [2.75, 3.05) is 6.54 Å². The summed E-state index contributed by atoms with van der Waals surface area (Å²) < 4.78 is 0. The fourth-order valence-corrected chi connectivity index (χ4v) is 1.88. The monoisotopic (exact) mass is 206 g/mol. The van der Waals surface area contributed by atoms with Crippen LogP contribution in [0.1, 0.15) is 46.0 Å². The molecule has 0 bridgehead atoms. The first-order chi connectivity index (χ1) is 7.14. The normalized spacial score (nSPS) is 21.3. The summed E-state index contributed by atoms with van der Waals surface area (Å²) in [5.41, 5.74) is 0.247. The van der Waals surface area contributed by atoms with Crippen LogP contribution in [0.3, 0.4) is 0 Å². The fourth-order valence-electron chi connectivity index (χ4n) is 1.88. The molecule has 0 fully saturated rings. The van der Waals surface area contributed by atoms with Crippen molar-refractivity contribution in [3.05, 3.63) is 12.2 Å². The van der Waals surface area contributed by atoms with Gasteiger partial charge in [-0.25, -0.2) is 0 Å². The van der Waals surface area contributed by atoms with Crippen molar-refractivity contribution in [3.63, 3.8) is 0 Å². The number of hydrogen-bond acceptors (Lipinski definition) is 2. The summed E-state index contributed by atoms with van der Waals surface area (Å²) in [6.07, 6.45) is 9.80. The Morgan fingerprint density at radius 1 is 1.47 bits per heavy atom. The van der Waals surface area contributed by atoms with Gasteiger partial charge in [0.05, 0.1) is 6.07 Å². The van der Waals surface area contributed by atoms with Gasteiger partial charge >= 0.3 is 0 Å². The quantitative estimate of drug-likeness (QED) is 0.702. The van der Waals surface area contributed by atoms with Crippen LogP contribution in [-0.4, -0.2) is 12.6 Å². The largest absolute Gasteiger partial charge is 0.313 e. The average molecular weight is 206 g/mol. The molecular formula is C13H22N2. The van der Waals surface area contributed by atoms with E-state index in [0.717, 1.165) is 19.4 Å². The van der Waals surface area contributed by atoms with Gasteiger partial charge in [-0.1, -0.05) is 26.0 Å². The second-order valence-electron chi connectivity index (χ2n) is 5.18. The lowest BCUT2D eigenvalue weighted by Crippen LogP contribution is -2.37. The number of nitrogens with zero attached hydrogens (tertiary/aromatic N) is 1. The van der Waals surface area contributed by atoms with Gasteiger partial charge < -0.3 is 5.32 Å². The molecule has 2 nitrogen and oxygen atoms in total. The summed E-state index contributed by atoms with van der Waals surface area (Å²) >= 11 is 0. The zero-order chi connectivity index (χ0) is 11.1. The van der Waals surface area contributed by atoms with E-state index in [2.05, 4.69) is 37.4 Å². The van der Waals surface area contributed by atoms with Gasteiger partial charge in [0.15, 0.2) is 0 Å². The molecule has 84 valence electrons. The molecule has 0 saturated heterocycles. The average Bonchev–Trinajstić information content (AvgIpc) is 2.25. The van der Waals surface area contributed by atoms with Crippen molar-refractivity contribution in [3.8, 4) is 6.07 Å². The molecule has 0 aliphatic heterocycles. The molecule has 0 aromatic rings. The SMILES string of the molecule is CC(C)(CCC#N)CNC1CC=CCC1. The number of hydrogen-bond donors (Lipinski definition) is 1. The van der Waals surface area contributed by atoms with E-state index in [1.165, 1.54) is 12.8 Å². The zero-order valence-corrected chi connectivity index (χ0v) is 9.92. The van der Waals surface area contributed by atoms with Gasteiger partial charge in [-0.2, -0.15) is 5.26 Å². The first-order valence-electron chi connectivity index (χ1n) is 5.89. The van der Waals surface area contributed by atoms with Crippen LogP contribution in [0.4, 0.5) is 0 Å². The molecule has 0 aromatic heterocycles.